The Morgan fingerprint density at radius 1 is 1.06 bits per heavy atom. The summed E-state index contributed by atoms with van der Waals surface area (Å²) in [5.74, 6) is 0.339. The molecular formula is C26H37N3O6S. The molecule has 0 saturated carbocycles. The van der Waals surface area contributed by atoms with Gasteiger partial charge in [0.05, 0.1) is 25.7 Å². The normalized spacial score (nSPS) is 12.4. The van der Waals surface area contributed by atoms with E-state index in [-0.39, 0.29) is 12.5 Å². The van der Waals surface area contributed by atoms with Gasteiger partial charge in [0.25, 0.3) is 0 Å². The maximum absolute atomic E-state index is 13.6. The Morgan fingerprint density at radius 2 is 1.69 bits per heavy atom. The Hall–Kier alpha value is -3.27. The van der Waals surface area contributed by atoms with Gasteiger partial charge in [-0.15, -0.1) is 0 Å². The van der Waals surface area contributed by atoms with Gasteiger partial charge in [-0.25, -0.2) is 8.42 Å². The molecule has 0 aliphatic rings. The van der Waals surface area contributed by atoms with Gasteiger partial charge >= 0.3 is 0 Å². The number of amides is 2. The van der Waals surface area contributed by atoms with Crippen LogP contribution in [0, 0.1) is 0 Å². The van der Waals surface area contributed by atoms with E-state index in [0.29, 0.717) is 23.8 Å². The molecule has 0 aliphatic heterocycles. The number of hydrogen-bond donors (Lipinski definition) is 1. The molecule has 10 heteroatoms. The van der Waals surface area contributed by atoms with Crippen LogP contribution in [0.25, 0.3) is 0 Å². The van der Waals surface area contributed by atoms with E-state index < -0.39 is 34.1 Å². The Kier molecular flexibility index (Phi) is 9.75. The van der Waals surface area contributed by atoms with Gasteiger partial charge in [-0.1, -0.05) is 12.1 Å². The third kappa shape index (κ3) is 8.44. The molecule has 0 heterocycles. The van der Waals surface area contributed by atoms with Crippen molar-refractivity contribution in [1.82, 2.24) is 10.2 Å². The highest BCUT2D eigenvalue weighted by Crippen LogP contribution is 2.23. The number of benzene rings is 2. The van der Waals surface area contributed by atoms with E-state index in [1.807, 2.05) is 33.8 Å². The fourth-order valence-corrected chi connectivity index (χ4v) is 4.36. The van der Waals surface area contributed by atoms with Gasteiger partial charge in [0.15, 0.2) is 0 Å². The molecule has 0 fully saturated rings. The summed E-state index contributed by atoms with van der Waals surface area (Å²) in [7, 11) is -2.26. The van der Waals surface area contributed by atoms with Crippen LogP contribution in [0.1, 0.15) is 40.2 Å². The maximum Gasteiger partial charge on any atom is 0.244 e. The SMILES string of the molecule is CCOc1ccc(N(CC(=O)N(Cc2cccc(OC)c2)[C@H](C)C(=O)NC(C)(C)C)S(C)(=O)=O)cc1. The van der Waals surface area contributed by atoms with Crippen LogP contribution in [-0.2, 0) is 26.2 Å². The van der Waals surface area contributed by atoms with Gasteiger partial charge in [-0.05, 0) is 76.6 Å². The Morgan fingerprint density at radius 3 is 2.22 bits per heavy atom. The van der Waals surface area contributed by atoms with Gasteiger partial charge in [0.2, 0.25) is 21.8 Å². The van der Waals surface area contributed by atoms with Crippen molar-refractivity contribution in [1.29, 1.82) is 0 Å². The van der Waals surface area contributed by atoms with Crippen molar-refractivity contribution in [3.63, 3.8) is 0 Å². The standard InChI is InChI=1S/C26H37N3O6S/c1-8-35-22-14-12-21(13-15-22)29(36(7,32)33)18-24(30)28(19(2)25(31)27-26(3,4)5)17-20-10-9-11-23(16-20)34-6/h9-16,19H,8,17-18H2,1-7H3,(H,27,31)/t19-/m1/s1. The van der Waals surface area contributed by atoms with E-state index in [4.69, 9.17) is 9.47 Å². The van der Waals surface area contributed by atoms with Crippen LogP contribution in [0.5, 0.6) is 11.5 Å². The molecule has 9 nitrogen and oxygen atoms in total. The molecule has 36 heavy (non-hydrogen) atoms. The number of ether oxygens (including phenoxy) is 2. The predicted molar refractivity (Wildman–Crippen MR) is 141 cm³/mol. The van der Waals surface area contributed by atoms with E-state index in [1.165, 1.54) is 4.90 Å². The number of sulfonamides is 1. The molecule has 0 aromatic heterocycles. The van der Waals surface area contributed by atoms with Crippen LogP contribution >= 0.6 is 0 Å². The van der Waals surface area contributed by atoms with Crippen molar-refractivity contribution in [3.8, 4) is 11.5 Å². The molecule has 2 rings (SSSR count). The van der Waals surface area contributed by atoms with Gasteiger partial charge in [-0.2, -0.15) is 0 Å². The van der Waals surface area contributed by atoms with Gasteiger partial charge < -0.3 is 19.7 Å². The van der Waals surface area contributed by atoms with Crippen LogP contribution in [0.3, 0.4) is 0 Å². The third-order valence-electron chi connectivity index (χ3n) is 5.27. The summed E-state index contributed by atoms with van der Waals surface area (Å²) in [5, 5.41) is 2.89. The first kappa shape index (κ1) is 29.0. The fourth-order valence-electron chi connectivity index (χ4n) is 3.51. The molecule has 2 aromatic carbocycles. The lowest BCUT2D eigenvalue weighted by molar-refractivity contribution is -0.140. The van der Waals surface area contributed by atoms with Crippen molar-refractivity contribution in [2.45, 2.75) is 52.7 Å². The van der Waals surface area contributed by atoms with Crippen LogP contribution in [-0.4, -0.2) is 63.2 Å². The second-order valence-electron chi connectivity index (χ2n) is 9.48. The first-order valence-corrected chi connectivity index (χ1v) is 13.5. The minimum atomic E-state index is -3.81. The highest BCUT2D eigenvalue weighted by atomic mass is 32.2. The molecule has 0 aliphatic carbocycles. The number of hydrogen-bond acceptors (Lipinski definition) is 6. The molecule has 1 N–H and O–H groups in total. The summed E-state index contributed by atoms with van der Waals surface area (Å²) in [5.41, 5.74) is 0.560. The molecule has 2 amide bonds. The van der Waals surface area contributed by atoms with E-state index in [1.54, 1.807) is 56.5 Å². The van der Waals surface area contributed by atoms with Crippen LogP contribution in [0.15, 0.2) is 48.5 Å². The zero-order valence-electron chi connectivity index (χ0n) is 22.1. The summed E-state index contributed by atoms with van der Waals surface area (Å²) in [4.78, 5) is 28.0. The van der Waals surface area contributed by atoms with Crippen LogP contribution in [0.4, 0.5) is 5.69 Å². The molecule has 0 bridgehead atoms. The number of methoxy groups -OCH3 is 1. The molecule has 0 saturated heterocycles. The van der Waals surface area contributed by atoms with E-state index in [0.717, 1.165) is 16.1 Å². The minimum Gasteiger partial charge on any atom is -0.497 e. The Balaban J connectivity index is 2.40. The molecule has 0 spiro atoms. The summed E-state index contributed by atoms with van der Waals surface area (Å²) >= 11 is 0. The fraction of sp³-hybridized carbons (Fsp3) is 0.462. The lowest BCUT2D eigenvalue weighted by Gasteiger charge is -2.33. The first-order chi connectivity index (χ1) is 16.7. The topological polar surface area (TPSA) is 105 Å². The van der Waals surface area contributed by atoms with Crippen molar-refractivity contribution in [2.75, 3.05) is 30.8 Å². The van der Waals surface area contributed by atoms with Crippen molar-refractivity contribution in [3.05, 3.63) is 54.1 Å². The average Bonchev–Trinajstić information content (AvgIpc) is 2.79. The number of carbonyl (C=O) groups is 2. The number of carbonyl (C=O) groups excluding carboxylic acids is 2. The summed E-state index contributed by atoms with van der Waals surface area (Å²) in [6.45, 7) is 9.13. The summed E-state index contributed by atoms with van der Waals surface area (Å²) < 4.78 is 37.1. The minimum absolute atomic E-state index is 0.0929. The highest BCUT2D eigenvalue weighted by molar-refractivity contribution is 7.92. The molecule has 198 valence electrons. The number of nitrogens with one attached hydrogen (secondary N) is 1. The molecular weight excluding hydrogens is 482 g/mol. The smallest absolute Gasteiger partial charge is 0.244 e. The van der Waals surface area contributed by atoms with Gasteiger partial charge in [-0.3, -0.25) is 13.9 Å². The third-order valence-corrected chi connectivity index (χ3v) is 6.41. The molecule has 1 atom stereocenters. The van der Waals surface area contributed by atoms with E-state index >= 15 is 0 Å². The van der Waals surface area contributed by atoms with Crippen molar-refractivity contribution in [2.24, 2.45) is 0 Å². The Bertz CT molecular complexity index is 1140. The quantitative estimate of drug-likeness (QED) is 0.489. The second kappa shape index (κ2) is 12.1. The monoisotopic (exact) mass is 519 g/mol. The highest BCUT2D eigenvalue weighted by Gasteiger charge is 2.31. The van der Waals surface area contributed by atoms with Crippen LogP contribution < -0.4 is 19.1 Å². The largest absolute Gasteiger partial charge is 0.497 e. The number of rotatable bonds is 11. The maximum atomic E-state index is 13.6. The summed E-state index contributed by atoms with van der Waals surface area (Å²) in [6.07, 6.45) is 1.04. The molecule has 2 aromatic rings. The summed E-state index contributed by atoms with van der Waals surface area (Å²) in [6, 6.07) is 12.8. The number of anilines is 1. The van der Waals surface area contributed by atoms with Gasteiger partial charge in [0, 0.05) is 12.1 Å². The van der Waals surface area contributed by atoms with Gasteiger partial charge in [0.1, 0.15) is 24.1 Å². The Labute approximate surface area is 214 Å². The molecule has 0 unspecified atom stereocenters. The van der Waals surface area contributed by atoms with Crippen molar-refractivity contribution >= 4 is 27.5 Å². The predicted octanol–water partition coefficient (Wildman–Crippen LogP) is 3.19. The van der Waals surface area contributed by atoms with Crippen LogP contribution in [0.2, 0.25) is 0 Å². The molecule has 0 radical (unpaired) electrons. The lowest BCUT2D eigenvalue weighted by atomic mass is 10.1. The zero-order valence-corrected chi connectivity index (χ0v) is 22.9. The number of nitrogens with zero attached hydrogens (tertiary/aromatic N) is 2. The first-order valence-electron chi connectivity index (χ1n) is 11.7. The lowest BCUT2D eigenvalue weighted by Crippen LogP contribution is -2.54. The zero-order chi connectivity index (χ0) is 27.1. The average molecular weight is 520 g/mol. The van der Waals surface area contributed by atoms with E-state index in [9.17, 15) is 18.0 Å². The van der Waals surface area contributed by atoms with Crippen molar-refractivity contribution < 1.29 is 27.5 Å². The second-order valence-corrected chi connectivity index (χ2v) is 11.4. The van der Waals surface area contributed by atoms with E-state index in [2.05, 4.69) is 5.32 Å².